The summed E-state index contributed by atoms with van der Waals surface area (Å²) in [4.78, 5) is -0.880. The molecule has 0 radical (unpaired) electrons. The number of nitrogens with one attached hydrogen (secondary N) is 1. The number of sulfonamides is 1. The molecule has 0 heterocycles. The number of hydrogen-bond donors (Lipinski definition) is 3. The van der Waals surface area contributed by atoms with Gasteiger partial charge in [0, 0.05) is 18.0 Å². The van der Waals surface area contributed by atoms with E-state index in [9.17, 15) is 22.3 Å². The van der Waals surface area contributed by atoms with Gasteiger partial charge >= 0.3 is 0 Å². The van der Waals surface area contributed by atoms with Crippen molar-refractivity contribution in [1.29, 1.82) is 0 Å². The Kier molecular flexibility index (Phi) is 5.36. The predicted octanol–water partition coefficient (Wildman–Crippen LogP) is 0.939. The molecule has 0 aromatic heterocycles. The zero-order valence-corrected chi connectivity index (χ0v) is 12.6. The molecule has 0 fully saturated rings. The Labute approximate surface area is 120 Å². The van der Waals surface area contributed by atoms with Crippen molar-refractivity contribution in [3.63, 3.8) is 0 Å². The van der Waals surface area contributed by atoms with Crippen LogP contribution in [0.4, 0.5) is 14.5 Å². The fraction of sp³-hybridized carbons (Fsp3) is 0.455. The fourth-order valence-corrected chi connectivity index (χ4v) is 3.47. The molecular formula is C11H16F2N2O3S2. The number of nitrogen functional groups attached to an aromatic ring is 1. The van der Waals surface area contributed by atoms with Crippen LogP contribution in [0.5, 0.6) is 0 Å². The van der Waals surface area contributed by atoms with Crippen molar-refractivity contribution in [2.45, 2.75) is 17.4 Å². The predicted molar refractivity (Wildman–Crippen MR) is 75.0 cm³/mol. The van der Waals surface area contributed by atoms with Gasteiger partial charge in [-0.3, -0.25) is 0 Å². The number of rotatable bonds is 6. The minimum atomic E-state index is -4.30. The van der Waals surface area contributed by atoms with Crippen LogP contribution in [0.2, 0.25) is 0 Å². The summed E-state index contributed by atoms with van der Waals surface area (Å²) in [6, 6.07) is 1.52. The average molecular weight is 326 g/mol. The van der Waals surface area contributed by atoms with Crippen molar-refractivity contribution in [2.24, 2.45) is 0 Å². The molecule has 1 rings (SSSR count). The molecule has 20 heavy (non-hydrogen) atoms. The van der Waals surface area contributed by atoms with Gasteiger partial charge in [-0.05, 0) is 25.3 Å². The van der Waals surface area contributed by atoms with Gasteiger partial charge in [-0.1, -0.05) is 0 Å². The molecule has 0 saturated carbocycles. The SMILES string of the molecule is CSCC(C)(O)CNS(=O)(=O)c1cc(N)cc(F)c1F. The average Bonchev–Trinajstić information content (AvgIpc) is 2.31. The molecule has 0 spiro atoms. The van der Waals surface area contributed by atoms with Crippen molar-refractivity contribution >= 4 is 27.5 Å². The Balaban J connectivity index is 3.01. The van der Waals surface area contributed by atoms with Gasteiger partial charge in [0.15, 0.2) is 11.6 Å². The Bertz CT molecular complexity index is 592. The van der Waals surface area contributed by atoms with Gasteiger partial charge in [-0.15, -0.1) is 0 Å². The number of benzene rings is 1. The lowest BCUT2D eigenvalue weighted by atomic mass is 10.1. The minimum Gasteiger partial charge on any atom is -0.399 e. The van der Waals surface area contributed by atoms with Crippen LogP contribution in [0.1, 0.15) is 6.92 Å². The van der Waals surface area contributed by atoms with E-state index in [0.717, 1.165) is 6.07 Å². The molecule has 0 aliphatic carbocycles. The maximum atomic E-state index is 13.5. The highest BCUT2D eigenvalue weighted by molar-refractivity contribution is 7.98. The van der Waals surface area contributed by atoms with Crippen LogP contribution in [0, 0.1) is 11.6 Å². The van der Waals surface area contributed by atoms with Crippen LogP contribution >= 0.6 is 11.8 Å². The number of halogens is 2. The molecule has 1 atom stereocenters. The second kappa shape index (κ2) is 6.25. The maximum absolute atomic E-state index is 13.5. The standard InChI is InChI=1S/C11H16F2N2O3S2/c1-11(16,6-19-2)5-15-20(17,18)9-4-7(14)3-8(12)10(9)13/h3-4,15-16H,5-6,14H2,1-2H3. The summed E-state index contributed by atoms with van der Waals surface area (Å²) in [5, 5.41) is 9.86. The van der Waals surface area contributed by atoms with Gasteiger partial charge in [-0.25, -0.2) is 21.9 Å². The monoisotopic (exact) mass is 326 g/mol. The number of hydrogen-bond acceptors (Lipinski definition) is 5. The first-order chi connectivity index (χ1) is 9.09. The van der Waals surface area contributed by atoms with E-state index in [4.69, 9.17) is 5.73 Å². The molecule has 9 heteroatoms. The fourth-order valence-electron chi connectivity index (χ4n) is 1.47. The van der Waals surface area contributed by atoms with Gasteiger partial charge in [0.05, 0.1) is 5.60 Å². The highest BCUT2D eigenvalue weighted by Crippen LogP contribution is 2.21. The first-order valence-corrected chi connectivity index (χ1v) is 8.42. The normalized spacial score (nSPS) is 15.1. The summed E-state index contributed by atoms with van der Waals surface area (Å²) in [7, 11) is -4.30. The van der Waals surface area contributed by atoms with Gasteiger partial charge in [0.2, 0.25) is 10.0 Å². The molecule has 0 bridgehead atoms. The highest BCUT2D eigenvalue weighted by atomic mass is 32.2. The van der Waals surface area contributed by atoms with Crippen LogP contribution in [-0.4, -0.2) is 37.7 Å². The zero-order chi connectivity index (χ0) is 15.6. The van der Waals surface area contributed by atoms with Gasteiger partial charge < -0.3 is 10.8 Å². The minimum absolute atomic E-state index is 0.208. The second-order valence-electron chi connectivity index (χ2n) is 4.57. The molecule has 4 N–H and O–H groups in total. The largest absolute Gasteiger partial charge is 0.399 e. The van der Waals surface area contributed by atoms with E-state index in [1.165, 1.54) is 18.7 Å². The molecule has 1 aromatic carbocycles. The van der Waals surface area contributed by atoms with Crippen LogP contribution in [0.15, 0.2) is 17.0 Å². The second-order valence-corrected chi connectivity index (χ2v) is 7.17. The van der Waals surface area contributed by atoms with E-state index in [0.29, 0.717) is 6.07 Å². The molecule has 5 nitrogen and oxygen atoms in total. The van der Waals surface area contributed by atoms with Crippen molar-refractivity contribution in [3.05, 3.63) is 23.8 Å². The Hall–Kier alpha value is -0.900. The van der Waals surface area contributed by atoms with Crippen molar-refractivity contribution in [2.75, 3.05) is 24.3 Å². The number of anilines is 1. The number of aliphatic hydroxyl groups is 1. The molecular weight excluding hydrogens is 310 g/mol. The summed E-state index contributed by atoms with van der Waals surface area (Å²) in [6.07, 6.45) is 1.75. The first kappa shape index (κ1) is 17.2. The van der Waals surface area contributed by atoms with E-state index in [-0.39, 0.29) is 18.0 Å². The summed E-state index contributed by atoms with van der Waals surface area (Å²) < 4.78 is 52.6. The summed E-state index contributed by atoms with van der Waals surface area (Å²) in [5.74, 6) is -2.57. The van der Waals surface area contributed by atoms with Crippen LogP contribution in [0.3, 0.4) is 0 Å². The molecule has 114 valence electrons. The Morgan fingerprint density at radius 3 is 2.60 bits per heavy atom. The number of thioether (sulfide) groups is 1. The Morgan fingerprint density at radius 1 is 1.45 bits per heavy atom. The summed E-state index contributed by atoms with van der Waals surface area (Å²) in [6.45, 7) is 1.11. The molecule has 0 aliphatic heterocycles. The Morgan fingerprint density at radius 2 is 2.05 bits per heavy atom. The van der Waals surface area contributed by atoms with Crippen molar-refractivity contribution in [1.82, 2.24) is 4.72 Å². The lowest BCUT2D eigenvalue weighted by molar-refractivity contribution is 0.0908. The van der Waals surface area contributed by atoms with E-state index in [2.05, 4.69) is 0 Å². The third kappa shape index (κ3) is 4.30. The van der Waals surface area contributed by atoms with E-state index >= 15 is 0 Å². The topological polar surface area (TPSA) is 92.4 Å². The van der Waals surface area contributed by atoms with E-state index in [1.54, 1.807) is 6.26 Å². The van der Waals surface area contributed by atoms with Crippen LogP contribution in [0.25, 0.3) is 0 Å². The van der Waals surface area contributed by atoms with E-state index in [1.807, 2.05) is 4.72 Å². The highest BCUT2D eigenvalue weighted by Gasteiger charge is 2.27. The lowest BCUT2D eigenvalue weighted by Crippen LogP contribution is -2.42. The first-order valence-electron chi connectivity index (χ1n) is 5.54. The van der Waals surface area contributed by atoms with Crippen LogP contribution in [-0.2, 0) is 10.0 Å². The maximum Gasteiger partial charge on any atom is 0.243 e. The molecule has 0 aliphatic rings. The van der Waals surface area contributed by atoms with E-state index < -0.39 is 32.2 Å². The van der Waals surface area contributed by atoms with Crippen molar-refractivity contribution < 1.29 is 22.3 Å². The quantitative estimate of drug-likeness (QED) is 0.677. The smallest absolute Gasteiger partial charge is 0.243 e. The lowest BCUT2D eigenvalue weighted by Gasteiger charge is -2.22. The molecule has 1 aromatic rings. The van der Waals surface area contributed by atoms with Gasteiger partial charge in [0.1, 0.15) is 4.90 Å². The van der Waals surface area contributed by atoms with Crippen molar-refractivity contribution in [3.8, 4) is 0 Å². The molecule has 1 unspecified atom stereocenters. The number of nitrogens with two attached hydrogens (primary N) is 1. The molecule has 0 amide bonds. The summed E-state index contributed by atoms with van der Waals surface area (Å²) >= 11 is 1.32. The van der Waals surface area contributed by atoms with Crippen LogP contribution < -0.4 is 10.5 Å². The van der Waals surface area contributed by atoms with Gasteiger partial charge in [0.25, 0.3) is 0 Å². The summed E-state index contributed by atoms with van der Waals surface area (Å²) in [5.41, 5.74) is 3.79. The molecule has 0 saturated heterocycles. The zero-order valence-electron chi connectivity index (χ0n) is 11.0. The third-order valence-electron chi connectivity index (χ3n) is 2.40. The van der Waals surface area contributed by atoms with Gasteiger partial charge in [-0.2, -0.15) is 11.8 Å². The third-order valence-corrected chi connectivity index (χ3v) is 4.72.